The average Bonchev–Trinajstić information content (AvgIpc) is 2.39. The highest BCUT2D eigenvalue weighted by Crippen LogP contribution is 2.50. The number of rotatable bonds is 2. The van der Waals surface area contributed by atoms with E-state index in [0.717, 1.165) is 19.3 Å². The molecule has 0 radical (unpaired) electrons. The lowest BCUT2D eigenvalue weighted by atomic mass is 9.60. The fourth-order valence-corrected chi connectivity index (χ4v) is 5.08. The van der Waals surface area contributed by atoms with Gasteiger partial charge in [-0.15, -0.1) is 0 Å². The van der Waals surface area contributed by atoms with Gasteiger partial charge in [0.2, 0.25) is 4.38 Å². The summed E-state index contributed by atoms with van der Waals surface area (Å²) in [5, 5.41) is 11.0. The van der Waals surface area contributed by atoms with Crippen molar-refractivity contribution in [2.75, 3.05) is 6.61 Å². The first kappa shape index (κ1) is 17.2. The van der Waals surface area contributed by atoms with Crippen LogP contribution in [0.3, 0.4) is 0 Å². The van der Waals surface area contributed by atoms with Crippen LogP contribution in [0.4, 0.5) is 0 Å². The standard InChI is InChI=1S/C16H26O3S2/c1-4-19-14(20)21-12-5-6-13(17)16(18)8-7-15(2,3)11(9-12)10-16/h11-12,18H,4-10H2,1-3H3/t11-,12?,16+/m1/s1. The summed E-state index contributed by atoms with van der Waals surface area (Å²) in [6.45, 7) is 7.03. The summed E-state index contributed by atoms with van der Waals surface area (Å²) < 4.78 is 5.96. The Bertz CT molecular complexity index is 422. The molecule has 2 fully saturated rings. The smallest absolute Gasteiger partial charge is 0.220 e. The maximum absolute atomic E-state index is 12.3. The lowest BCUT2D eigenvalue weighted by Crippen LogP contribution is -2.50. The Hall–Kier alpha value is -0.130. The summed E-state index contributed by atoms with van der Waals surface area (Å²) in [6, 6.07) is 0. The summed E-state index contributed by atoms with van der Waals surface area (Å²) >= 11 is 6.83. The van der Waals surface area contributed by atoms with Crippen LogP contribution in [0.15, 0.2) is 0 Å². The van der Waals surface area contributed by atoms with Gasteiger partial charge in [0.15, 0.2) is 5.78 Å². The summed E-state index contributed by atoms with van der Waals surface area (Å²) in [5.74, 6) is 0.387. The molecule has 2 bridgehead atoms. The van der Waals surface area contributed by atoms with E-state index in [-0.39, 0.29) is 11.2 Å². The summed E-state index contributed by atoms with van der Waals surface area (Å²) in [5.41, 5.74) is -0.897. The molecule has 2 saturated carbocycles. The number of thioether (sulfide) groups is 1. The Morgan fingerprint density at radius 1 is 1.48 bits per heavy atom. The minimum Gasteiger partial charge on any atom is -0.479 e. The van der Waals surface area contributed by atoms with E-state index >= 15 is 0 Å². The third-order valence-electron chi connectivity index (χ3n) is 5.16. The van der Waals surface area contributed by atoms with Crippen molar-refractivity contribution in [2.24, 2.45) is 11.3 Å². The average molecular weight is 331 g/mol. The maximum Gasteiger partial charge on any atom is 0.220 e. The number of aliphatic hydroxyl groups is 1. The van der Waals surface area contributed by atoms with Crippen molar-refractivity contribution in [2.45, 2.75) is 70.1 Å². The SMILES string of the molecule is CCOC(=S)SC1CCC(=O)[C@]2(O)CCC(C)(C)[C@H](C1)C2. The Morgan fingerprint density at radius 3 is 2.86 bits per heavy atom. The van der Waals surface area contributed by atoms with Crippen molar-refractivity contribution in [1.82, 2.24) is 0 Å². The van der Waals surface area contributed by atoms with Gasteiger partial charge in [0.1, 0.15) is 5.60 Å². The van der Waals surface area contributed by atoms with Gasteiger partial charge in [-0.3, -0.25) is 4.79 Å². The van der Waals surface area contributed by atoms with Crippen LogP contribution in [0, 0.1) is 11.3 Å². The molecule has 2 aliphatic rings. The highest BCUT2D eigenvalue weighted by atomic mass is 32.2. The van der Waals surface area contributed by atoms with Gasteiger partial charge in [0.25, 0.3) is 0 Å². The zero-order chi connectivity index (χ0) is 15.7. The van der Waals surface area contributed by atoms with Crippen molar-refractivity contribution in [3.05, 3.63) is 0 Å². The molecular formula is C16H26O3S2. The van der Waals surface area contributed by atoms with Crippen molar-refractivity contribution in [3.63, 3.8) is 0 Å². The summed E-state index contributed by atoms with van der Waals surface area (Å²) in [6.07, 6.45) is 4.37. The second kappa shape index (κ2) is 6.55. The van der Waals surface area contributed by atoms with Gasteiger partial charge in [-0.1, -0.05) is 25.6 Å². The first-order chi connectivity index (χ1) is 9.77. The molecule has 1 unspecified atom stereocenters. The number of hydrogen-bond acceptors (Lipinski definition) is 5. The van der Waals surface area contributed by atoms with Gasteiger partial charge in [-0.05, 0) is 62.6 Å². The zero-order valence-corrected chi connectivity index (χ0v) is 14.8. The molecule has 0 aromatic rings. The molecule has 0 aromatic heterocycles. The highest BCUT2D eigenvalue weighted by Gasteiger charge is 2.49. The van der Waals surface area contributed by atoms with E-state index in [1.165, 1.54) is 0 Å². The minimum atomic E-state index is -1.07. The maximum atomic E-state index is 12.3. The van der Waals surface area contributed by atoms with Gasteiger partial charge < -0.3 is 9.84 Å². The van der Waals surface area contributed by atoms with Crippen LogP contribution in [0.5, 0.6) is 0 Å². The molecule has 2 aliphatic carbocycles. The zero-order valence-electron chi connectivity index (χ0n) is 13.2. The van der Waals surface area contributed by atoms with E-state index in [1.54, 1.807) is 11.8 Å². The molecule has 0 aliphatic heterocycles. The van der Waals surface area contributed by atoms with E-state index in [2.05, 4.69) is 13.8 Å². The molecular weight excluding hydrogens is 304 g/mol. The van der Waals surface area contributed by atoms with Gasteiger partial charge in [-0.25, -0.2) is 0 Å². The van der Waals surface area contributed by atoms with E-state index in [9.17, 15) is 9.90 Å². The molecule has 3 nitrogen and oxygen atoms in total. The Balaban J connectivity index is 2.11. The van der Waals surface area contributed by atoms with Gasteiger partial charge >= 0.3 is 0 Å². The number of thiocarbonyl (C=S) groups is 1. The number of fused-ring (bicyclic) bond motifs is 2. The second-order valence-corrected chi connectivity index (χ2v) is 8.94. The fraction of sp³-hybridized carbons (Fsp3) is 0.875. The normalized spacial score (nSPS) is 35.7. The lowest BCUT2D eigenvalue weighted by molar-refractivity contribution is -0.148. The number of carbonyl (C=O) groups is 1. The Kier molecular flexibility index (Phi) is 5.37. The van der Waals surface area contributed by atoms with E-state index in [0.29, 0.717) is 41.4 Å². The van der Waals surface area contributed by atoms with Crippen LogP contribution in [-0.2, 0) is 9.53 Å². The van der Waals surface area contributed by atoms with Crippen LogP contribution in [-0.4, -0.2) is 32.7 Å². The fourth-order valence-electron chi connectivity index (χ4n) is 3.53. The number of ether oxygens (including phenoxy) is 1. The third-order valence-corrected chi connectivity index (χ3v) is 6.64. The van der Waals surface area contributed by atoms with Crippen LogP contribution >= 0.6 is 24.0 Å². The molecule has 0 aromatic carbocycles. The number of hydrogen-bond donors (Lipinski definition) is 1. The summed E-state index contributed by atoms with van der Waals surface area (Å²) in [7, 11) is 0. The lowest BCUT2D eigenvalue weighted by Gasteiger charge is -2.48. The van der Waals surface area contributed by atoms with Gasteiger partial charge in [-0.2, -0.15) is 0 Å². The predicted molar refractivity (Wildman–Crippen MR) is 90.5 cm³/mol. The molecule has 0 saturated heterocycles. The number of ketones is 1. The van der Waals surface area contributed by atoms with Crippen molar-refractivity contribution >= 4 is 34.1 Å². The topological polar surface area (TPSA) is 46.5 Å². The molecule has 1 N–H and O–H groups in total. The Labute approximate surface area is 137 Å². The Morgan fingerprint density at radius 2 is 2.19 bits per heavy atom. The van der Waals surface area contributed by atoms with Crippen LogP contribution in [0.2, 0.25) is 0 Å². The van der Waals surface area contributed by atoms with Gasteiger partial charge in [0.05, 0.1) is 6.61 Å². The second-order valence-electron chi connectivity index (χ2n) is 7.04. The molecule has 5 heteroatoms. The molecule has 0 spiro atoms. The molecule has 21 heavy (non-hydrogen) atoms. The predicted octanol–water partition coefficient (Wildman–Crippen LogP) is 3.72. The minimum absolute atomic E-state index is 0.0237. The number of carbonyl (C=O) groups excluding carboxylic acids is 1. The molecule has 120 valence electrons. The van der Waals surface area contributed by atoms with Crippen molar-refractivity contribution in [1.29, 1.82) is 0 Å². The molecule has 3 atom stereocenters. The largest absolute Gasteiger partial charge is 0.479 e. The first-order valence-electron chi connectivity index (χ1n) is 7.86. The van der Waals surface area contributed by atoms with E-state index in [4.69, 9.17) is 17.0 Å². The highest BCUT2D eigenvalue weighted by molar-refractivity contribution is 8.23. The first-order valence-corrected chi connectivity index (χ1v) is 9.15. The third kappa shape index (κ3) is 3.99. The quantitative estimate of drug-likeness (QED) is 0.782. The van der Waals surface area contributed by atoms with Gasteiger partial charge in [0, 0.05) is 11.7 Å². The van der Waals surface area contributed by atoms with Crippen LogP contribution in [0.25, 0.3) is 0 Å². The van der Waals surface area contributed by atoms with Crippen molar-refractivity contribution in [3.8, 4) is 0 Å². The van der Waals surface area contributed by atoms with Crippen LogP contribution < -0.4 is 0 Å². The monoisotopic (exact) mass is 330 g/mol. The molecule has 0 heterocycles. The van der Waals surface area contributed by atoms with E-state index in [1.807, 2.05) is 6.92 Å². The number of Topliss-reactive ketones (excluding diaryl/α,β-unsaturated/α-hetero) is 1. The van der Waals surface area contributed by atoms with E-state index < -0.39 is 5.60 Å². The molecule has 2 rings (SSSR count). The molecule has 0 amide bonds. The summed E-state index contributed by atoms with van der Waals surface area (Å²) in [4.78, 5) is 12.3. The van der Waals surface area contributed by atoms with Crippen molar-refractivity contribution < 1.29 is 14.6 Å². The van der Waals surface area contributed by atoms with Crippen LogP contribution in [0.1, 0.15) is 59.3 Å².